The summed E-state index contributed by atoms with van der Waals surface area (Å²) in [6.45, 7) is 0. The van der Waals surface area contributed by atoms with E-state index < -0.39 is 5.92 Å². The molecule has 4 nitrogen and oxygen atoms in total. The van der Waals surface area contributed by atoms with E-state index in [1.54, 1.807) is 23.9 Å². The number of carbonyl (C=O) groups is 1. The molecule has 2 aliphatic carbocycles. The lowest BCUT2D eigenvalue weighted by Crippen LogP contribution is -2.37. The number of nitrogens with zero attached hydrogens (tertiary/aromatic N) is 2. The Hall–Kier alpha value is -2.31. The van der Waals surface area contributed by atoms with Crippen LogP contribution in [0.4, 0.5) is 19.0 Å². The van der Waals surface area contributed by atoms with E-state index in [1.165, 1.54) is 12.1 Å². The fourth-order valence-electron chi connectivity index (χ4n) is 4.04. The molecule has 2 aromatic rings. The van der Waals surface area contributed by atoms with Gasteiger partial charge >= 0.3 is 0 Å². The largest absolute Gasteiger partial charge is 0.309 e. The Bertz CT molecular complexity index is 848. The zero-order chi connectivity index (χ0) is 19.2. The second-order valence-electron chi connectivity index (χ2n) is 7.75. The molecule has 2 aliphatic rings. The average molecular weight is 377 g/mol. The molecule has 0 spiro atoms. The number of carbonyl (C=O) groups excluding carboxylic acids is 1. The van der Waals surface area contributed by atoms with Crippen molar-refractivity contribution < 1.29 is 18.0 Å². The van der Waals surface area contributed by atoms with Crippen molar-refractivity contribution in [2.45, 2.75) is 50.4 Å². The molecular weight excluding hydrogens is 355 g/mol. The summed E-state index contributed by atoms with van der Waals surface area (Å²) in [7, 11) is 1.79. The third-order valence-corrected chi connectivity index (χ3v) is 5.62. The lowest BCUT2D eigenvalue weighted by atomic mass is 9.78. The van der Waals surface area contributed by atoms with Crippen molar-refractivity contribution in [1.29, 1.82) is 0 Å². The van der Waals surface area contributed by atoms with Crippen LogP contribution in [0.1, 0.15) is 50.0 Å². The number of alkyl halides is 2. The first-order chi connectivity index (χ1) is 12.8. The maximum absolute atomic E-state index is 13.3. The van der Waals surface area contributed by atoms with Gasteiger partial charge in [-0.3, -0.25) is 9.48 Å². The van der Waals surface area contributed by atoms with Gasteiger partial charge in [0.25, 0.3) is 0 Å². The molecule has 7 heteroatoms. The number of hydrogen-bond donors (Lipinski definition) is 1. The number of rotatable bonds is 5. The van der Waals surface area contributed by atoms with Gasteiger partial charge in [0.1, 0.15) is 5.82 Å². The van der Waals surface area contributed by atoms with Gasteiger partial charge in [-0.15, -0.1) is 0 Å². The van der Waals surface area contributed by atoms with Crippen molar-refractivity contribution >= 4 is 11.7 Å². The first-order valence-electron chi connectivity index (χ1n) is 9.33. The van der Waals surface area contributed by atoms with Crippen LogP contribution in [-0.2, 0) is 11.8 Å². The lowest BCUT2D eigenvalue weighted by molar-refractivity contribution is -0.129. The SMILES string of the molecule is Cn1nc(NC(=O)CC2CC(F)(F)C2)c(C2CCC2)c1-c1ccc(F)cc1. The molecule has 0 atom stereocenters. The third-order valence-electron chi connectivity index (χ3n) is 5.62. The maximum atomic E-state index is 13.3. The van der Waals surface area contributed by atoms with Crippen molar-refractivity contribution in [2.75, 3.05) is 5.32 Å². The molecule has 0 unspecified atom stereocenters. The van der Waals surface area contributed by atoms with Crippen LogP contribution in [0.2, 0.25) is 0 Å². The molecule has 0 aliphatic heterocycles. The molecule has 0 bridgehead atoms. The lowest BCUT2D eigenvalue weighted by Gasteiger charge is -2.34. The van der Waals surface area contributed by atoms with E-state index >= 15 is 0 Å². The number of halogens is 3. The Kier molecular flexibility index (Phi) is 4.48. The minimum atomic E-state index is -2.62. The summed E-state index contributed by atoms with van der Waals surface area (Å²) in [4.78, 5) is 12.4. The summed E-state index contributed by atoms with van der Waals surface area (Å²) in [5.41, 5.74) is 2.67. The number of aryl methyl sites for hydroxylation is 1. The van der Waals surface area contributed by atoms with Crippen LogP contribution >= 0.6 is 0 Å². The summed E-state index contributed by atoms with van der Waals surface area (Å²) in [5, 5.41) is 7.31. The van der Waals surface area contributed by atoms with Gasteiger partial charge in [0.05, 0.1) is 5.69 Å². The molecule has 2 fully saturated rings. The van der Waals surface area contributed by atoms with Crippen molar-refractivity contribution in [3.8, 4) is 11.3 Å². The van der Waals surface area contributed by atoms with Gasteiger partial charge in [-0.2, -0.15) is 5.10 Å². The zero-order valence-electron chi connectivity index (χ0n) is 15.1. The Morgan fingerprint density at radius 1 is 1.26 bits per heavy atom. The Labute approximate surface area is 155 Å². The highest BCUT2D eigenvalue weighted by molar-refractivity contribution is 5.92. The molecule has 144 valence electrons. The number of anilines is 1. The topological polar surface area (TPSA) is 46.9 Å². The van der Waals surface area contributed by atoms with Gasteiger partial charge in [0.15, 0.2) is 5.82 Å². The number of benzene rings is 1. The Morgan fingerprint density at radius 2 is 1.93 bits per heavy atom. The Balaban J connectivity index is 1.58. The van der Waals surface area contributed by atoms with Crippen LogP contribution in [0.5, 0.6) is 0 Å². The van der Waals surface area contributed by atoms with Gasteiger partial charge in [-0.1, -0.05) is 6.42 Å². The second-order valence-corrected chi connectivity index (χ2v) is 7.75. The van der Waals surface area contributed by atoms with Crippen molar-refractivity contribution in [3.63, 3.8) is 0 Å². The van der Waals surface area contributed by atoms with Gasteiger partial charge < -0.3 is 5.32 Å². The predicted molar refractivity (Wildman–Crippen MR) is 96.1 cm³/mol. The molecule has 4 rings (SSSR count). The van der Waals surface area contributed by atoms with Crippen molar-refractivity contribution in [2.24, 2.45) is 13.0 Å². The molecule has 27 heavy (non-hydrogen) atoms. The van der Waals surface area contributed by atoms with Crippen LogP contribution in [-0.4, -0.2) is 21.6 Å². The summed E-state index contributed by atoms with van der Waals surface area (Å²) in [5.74, 6) is -2.69. The van der Waals surface area contributed by atoms with E-state index in [9.17, 15) is 18.0 Å². The molecule has 1 aromatic carbocycles. The number of aromatic nitrogens is 2. The predicted octanol–water partition coefficient (Wildman–Crippen LogP) is 4.87. The smallest absolute Gasteiger partial charge is 0.248 e. The average Bonchev–Trinajstić information content (AvgIpc) is 2.81. The zero-order valence-corrected chi connectivity index (χ0v) is 15.1. The van der Waals surface area contributed by atoms with E-state index in [4.69, 9.17) is 0 Å². The van der Waals surface area contributed by atoms with Gasteiger partial charge in [0.2, 0.25) is 11.8 Å². The first-order valence-corrected chi connectivity index (χ1v) is 9.33. The van der Waals surface area contributed by atoms with Crippen LogP contribution < -0.4 is 5.32 Å². The highest BCUT2D eigenvalue weighted by Crippen LogP contribution is 2.46. The number of amides is 1. The molecule has 2 saturated carbocycles. The molecule has 0 radical (unpaired) electrons. The number of nitrogens with one attached hydrogen (secondary N) is 1. The fourth-order valence-corrected chi connectivity index (χ4v) is 4.04. The minimum Gasteiger partial charge on any atom is -0.309 e. The van der Waals surface area contributed by atoms with Gasteiger partial charge in [-0.05, 0) is 48.9 Å². The van der Waals surface area contributed by atoms with E-state index in [0.29, 0.717) is 11.7 Å². The molecule has 1 heterocycles. The van der Waals surface area contributed by atoms with Gasteiger partial charge in [0, 0.05) is 37.4 Å². The molecule has 1 aromatic heterocycles. The normalized spacial score (nSPS) is 19.4. The van der Waals surface area contributed by atoms with E-state index in [1.807, 2.05) is 0 Å². The molecule has 0 saturated heterocycles. The van der Waals surface area contributed by atoms with Crippen LogP contribution in [0.3, 0.4) is 0 Å². The quantitative estimate of drug-likeness (QED) is 0.808. The monoisotopic (exact) mass is 377 g/mol. The standard InChI is InChI=1S/C20H22F3N3O/c1-26-18(14-5-7-15(21)8-6-14)17(13-3-2-4-13)19(25-26)24-16(27)9-12-10-20(22,23)11-12/h5-8,12-13H,2-4,9-11H2,1H3,(H,24,25,27). The number of hydrogen-bond acceptors (Lipinski definition) is 2. The minimum absolute atomic E-state index is 0.0855. The summed E-state index contributed by atoms with van der Waals surface area (Å²) >= 11 is 0. The molecular formula is C20H22F3N3O. The van der Waals surface area contributed by atoms with Gasteiger partial charge in [-0.25, -0.2) is 13.2 Å². The fraction of sp³-hybridized carbons (Fsp3) is 0.500. The third kappa shape index (κ3) is 3.59. The van der Waals surface area contributed by atoms with Crippen molar-refractivity contribution in [3.05, 3.63) is 35.6 Å². The highest BCUT2D eigenvalue weighted by atomic mass is 19.3. The molecule has 1 amide bonds. The van der Waals surface area contributed by atoms with E-state index in [-0.39, 0.29) is 36.9 Å². The van der Waals surface area contributed by atoms with E-state index in [0.717, 1.165) is 36.1 Å². The maximum Gasteiger partial charge on any atom is 0.248 e. The van der Waals surface area contributed by atoms with E-state index in [2.05, 4.69) is 10.4 Å². The summed E-state index contributed by atoms with van der Waals surface area (Å²) in [6, 6.07) is 6.22. The Morgan fingerprint density at radius 3 is 2.48 bits per heavy atom. The first kappa shape index (κ1) is 18.1. The second kappa shape index (κ2) is 6.69. The highest BCUT2D eigenvalue weighted by Gasteiger charge is 2.45. The van der Waals surface area contributed by atoms with Crippen LogP contribution in [0.15, 0.2) is 24.3 Å². The molecule has 1 N–H and O–H groups in total. The van der Waals surface area contributed by atoms with Crippen molar-refractivity contribution in [1.82, 2.24) is 9.78 Å². The summed E-state index contributed by atoms with van der Waals surface area (Å²) < 4.78 is 41.0. The van der Waals surface area contributed by atoms with Crippen LogP contribution in [0.25, 0.3) is 11.3 Å². The van der Waals surface area contributed by atoms with Crippen LogP contribution in [0, 0.1) is 11.7 Å². The summed E-state index contributed by atoms with van der Waals surface area (Å²) in [6.07, 6.45) is 2.78.